The first-order valence-electron chi connectivity index (χ1n) is 7.25. The molecule has 0 heterocycles. The molecule has 0 atom stereocenters. The van der Waals surface area contributed by atoms with Gasteiger partial charge in [-0.1, -0.05) is 11.6 Å². The van der Waals surface area contributed by atoms with Crippen LogP contribution < -0.4 is 47.2 Å². The Morgan fingerprint density at radius 2 is 1.19 bits per heavy atom. The van der Waals surface area contributed by atoms with E-state index in [0.29, 0.717) is 18.2 Å². The van der Waals surface area contributed by atoms with Crippen LogP contribution in [0, 0.1) is 0 Å². The van der Waals surface area contributed by atoms with Crippen LogP contribution in [-0.2, 0) is 40.3 Å². The molecule has 0 amide bonds. The number of anilines is 2. The number of hydrogen-bond donors (Lipinski definition) is 2. The van der Waals surface area contributed by atoms with Crippen LogP contribution in [0.4, 0.5) is 11.4 Å². The molecule has 19 heteroatoms. The van der Waals surface area contributed by atoms with E-state index >= 15 is 0 Å². The Morgan fingerprint density at radius 3 is 1.59 bits per heavy atom. The van der Waals surface area contributed by atoms with Gasteiger partial charge < -0.3 is 9.11 Å². The molecule has 2 N–H and O–H groups in total. The van der Waals surface area contributed by atoms with Crippen molar-refractivity contribution in [2.45, 2.75) is 14.7 Å². The van der Waals surface area contributed by atoms with E-state index in [1.165, 1.54) is 0 Å². The van der Waals surface area contributed by atoms with E-state index in [1.54, 1.807) is 0 Å². The Kier molecular flexibility index (Phi) is 10.4. The van der Waals surface area contributed by atoms with Crippen molar-refractivity contribution in [1.82, 2.24) is 0 Å². The minimum Gasteiger partial charge on any atom is -0.744 e. The van der Waals surface area contributed by atoms with Gasteiger partial charge in [0.2, 0.25) is 10.0 Å². The average Bonchev–Trinajstić information content (AvgIpc) is 2.53. The van der Waals surface area contributed by atoms with E-state index in [-0.39, 0.29) is 48.4 Å². The third kappa shape index (κ3) is 8.55. The van der Waals surface area contributed by atoms with Crippen molar-refractivity contribution >= 4 is 63.3 Å². The predicted octanol–water partition coefficient (Wildman–Crippen LogP) is -5.67. The van der Waals surface area contributed by atoms with Crippen molar-refractivity contribution in [3.05, 3.63) is 41.4 Å². The van der Waals surface area contributed by atoms with Gasteiger partial charge in [0, 0.05) is 0 Å². The number of nitrogens with one attached hydrogen (secondary N) is 2. The van der Waals surface area contributed by atoms with Gasteiger partial charge in [0.05, 0.1) is 37.3 Å². The van der Waals surface area contributed by atoms with Gasteiger partial charge in [-0.25, -0.2) is 33.7 Å². The summed E-state index contributed by atoms with van der Waals surface area (Å²) in [6.07, 6.45) is 0.794. The molecule has 0 aliphatic heterocycles. The van der Waals surface area contributed by atoms with Crippen LogP contribution in [0.1, 0.15) is 0 Å². The monoisotopic (exact) mass is 532 g/mol. The van der Waals surface area contributed by atoms with E-state index in [1.807, 2.05) is 9.44 Å². The molecular formula is C13H11ClLi2N2O10S4. The third-order valence-electron chi connectivity index (χ3n) is 3.25. The molecule has 0 fully saturated rings. The van der Waals surface area contributed by atoms with Crippen LogP contribution in [0.3, 0.4) is 0 Å². The van der Waals surface area contributed by atoms with E-state index in [2.05, 4.69) is 0 Å². The molecule has 0 saturated carbocycles. The van der Waals surface area contributed by atoms with E-state index in [9.17, 15) is 42.8 Å². The van der Waals surface area contributed by atoms with Gasteiger partial charge in [-0.05, 0) is 36.4 Å². The second-order valence-electron chi connectivity index (χ2n) is 5.72. The molecule has 0 aromatic heterocycles. The van der Waals surface area contributed by atoms with Crippen molar-refractivity contribution in [2.24, 2.45) is 0 Å². The molecule has 0 spiro atoms. The number of rotatable bonds is 7. The molecule has 0 aliphatic carbocycles. The molecule has 0 radical (unpaired) electrons. The zero-order valence-electron chi connectivity index (χ0n) is 16.6. The van der Waals surface area contributed by atoms with Gasteiger partial charge in [0.1, 0.15) is 20.2 Å². The van der Waals surface area contributed by atoms with Crippen molar-refractivity contribution in [3.8, 4) is 0 Å². The van der Waals surface area contributed by atoms with Crippen molar-refractivity contribution in [2.75, 3.05) is 15.7 Å². The largest absolute Gasteiger partial charge is 1.00 e. The van der Waals surface area contributed by atoms with E-state index in [0.717, 1.165) is 24.5 Å². The Labute approximate surface area is 214 Å². The second kappa shape index (κ2) is 10.7. The summed E-state index contributed by atoms with van der Waals surface area (Å²) in [5, 5.41) is -0.140. The van der Waals surface area contributed by atoms with Gasteiger partial charge >= 0.3 is 37.7 Å². The maximum Gasteiger partial charge on any atom is 1.00 e. The SMILES string of the molecule is CS(=O)(=O)Nc1cc(S(=O)(=O)Nc2cc(S(=O)(=O)[O-])cc(S(=O)(=O)[O-])c2)ccc1Cl.[Li+].[Li+]. The minimum atomic E-state index is -5.24. The summed E-state index contributed by atoms with van der Waals surface area (Å²) in [5.74, 6) is 0. The van der Waals surface area contributed by atoms with E-state index < -0.39 is 60.7 Å². The summed E-state index contributed by atoms with van der Waals surface area (Å²) in [7, 11) is -18.9. The Balaban J connectivity index is 0.00000480. The molecule has 166 valence electrons. The first-order chi connectivity index (χ1) is 13.4. The molecule has 2 aromatic rings. The summed E-state index contributed by atoms with van der Waals surface area (Å²) in [4.78, 5) is -2.87. The quantitative estimate of drug-likeness (QED) is 0.255. The van der Waals surface area contributed by atoms with Gasteiger partial charge in [-0.2, -0.15) is 0 Å². The molecule has 2 aromatic carbocycles. The number of benzene rings is 2. The van der Waals surface area contributed by atoms with Crippen LogP contribution in [0.15, 0.2) is 51.1 Å². The fourth-order valence-corrected chi connectivity index (χ4v) is 5.10. The number of sulfonamides is 2. The fourth-order valence-electron chi connectivity index (χ4n) is 2.08. The van der Waals surface area contributed by atoms with E-state index in [4.69, 9.17) is 11.6 Å². The van der Waals surface area contributed by atoms with Crippen molar-refractivity contribution in [1.29, 1.82) is 0 Å². The first-order valence-corrected chi connectivity index (χ1v) is 13.8. The summed E-state index contributed by atoms with van der Waals surface area (Å²) in [5.41, 5.74) is -1.00. The van der Waals surface area contributed by atoms with Gasteiger partial charge in [-0.15, -0.1) is 0 Å². The van der Waals surface area contributed by atoms with Crippen molar-refractivity contribution in [3.63, 3.8) is 0 Å². The van der Waals surface area contributed by atoms with Crippen LogP contribution in [-0.4, -0.2) is 49.0 Å². The Morgan fingerprint density at radius 1 is 0.719 bits per heavy atom. The predicted molar refractivity (Wildman–Crippen MR) is 103 cm³/mol. The Bertz CT molecular complexity index is 1390. The summed E-state index contributed by atoms with van der Waals surface area (Å²) >= 11 is 5.81. The zero-order valence-corrected chi connectivity index (χ0v) is 20.6. The van der Waals surface area contributed by atoms with Gasteiger partial charge in [0.15, 0.2) is 0 Å². The molecule has 32 heavy (non-hydrogen) atoms. The molecular weight excluding hydrogens is 522 g/mol. The van der Waals surface area contributed by atoms with Gasteiger partial charge in [-0.3, -0.25) is 9.44 Å². The van der Waals surface area contributed by atoms with Crippen LogP contribution >= 0.6 is 11.6 Å². The molecule has 2 rings (SSSR count). The van der Waals surface area contributed by atoms with Gasteiger partial charge in [0.25, 0.3) is 10.0 Å². The minimum absolute atomic E-state index is 0. The smallest absolute Gasteiger partial charge is 0.744 e. The van der Waals surface area contributed by atoms with Crippen LogP contribution in [0.25, 0.3) is 0 Å². The zero-order chi connectivity index (χ0) is 23.1. The molecule has 0 unspecified atom stereocenters. The second-order valence-corrected chi connectivity index (χ2v) is 12.3. The first kappa shape index (κ1) is 31.2. The van der Waals surface area contributed by atoms with Crippen molar-refractivity contribution < 1.29 is 80.5 Å². The standard InChI is InChI=1S/C13H13ClN2O10S4.2Li/c1-27(17,18)16-13-7-9(2-3-12(13)14)28(19,20)15-8-4-10(29(21,22)23)6-11(5-8)30(24,25)26;;/h2-7,15-16H,1H3,(H,21,22,23)(H,24,25,26);;/q;2*+1/p-2. The summed E-state index contributed by atoms with van der Waals surface area (Å²) in [6, 6.07) is 4.18. The van der Waals surface area contributed by atoms with Crippen LogP contribution in [0.2, 0.25) is 5.02 Å². The topological polar surface area (TPSA) is 207 Å². The molecule has 12 nitrogen and oxygen atoms in total. The fraction of sp³-hybridized carbons (Fsp3) is 0.0769. The molecule has 0 aliphatic rings. The summed E-state index contributed by atoms with van der Waals surface area (Å²) in [6.45, 7) is 0. The maximum atomic E-state index is 12.6. The Hall–Kier alpha value is -0.755. The van der Waals surface area contributed by atoms with Crippen LogP contribution in [0.5, 0.6) is 0 Å². The average molecular weight is 533 g/mol. The maximum absolute atomic E-state index is 12.6. The molecule has 0 bridgehead atoms. The summed E-state index contributed by atoms with van der Waals surface area (Å²) < 4.78 is 119. The molecule has 0 saturated heterocycles. The number of hydrogen-bond acceptors (Lipinski definition) is 10. The number of halogens is 1. The normalized spacial score (nSPS) is 12.2. The third-order valence-corrected chi connectivity index (χ3v) is 7.18.